The lowest BCUT2D eigenvalue weighted by atomic mass is 9.33. The second kappa shape index (κ2) is 10.2. The van der Waals surface area contributed by atoms with Gasteiger partial charge in [0.25, 0.3) is 0 Å². The maximum absolute atomic E-state index is 14.4. The van der Waals surface area contributed by atoms with Crippen molar-refractivity contribution in [3.8, 4) is 0 Å². The molecule has 0 radical (unpaired) electrons. The number of fused-ring (bicyclic) bond motifs is 7. The first-order valence-corrected chi connectivity index (χ1v) is 17.1. The summed E-state index contributed by atoms with van der Waals surface area (Å²) in [6.07, 6.45) is 11.4. The summed E-state index contributed by atoms with van der Waals surface area (Å²) >= 11 is 0. The molecule has 6 rings (SSSR count). The first kappa shape index (κ1) is 31.4. The van der Waals surface area contributed by atoms with Crippen LogP contribution in [-0.4, -0.2) is 33.7 Å². The van der Waals surface area contributed by atoms with Gasteiger partial charge in [-0.15, -0.1) is 0 Å². The number of aromatic nitrogens is 2. The fourth-order valence-electron chi connectivity index (χ4n) is 12.0. The Morgan fingerprint density at radius 3 is 2.34 bits per heavy atom. The van der Waals surface area contributed by atoms with E-state index in [0.717, 1.165) is 61.8 Å². The molecule has 5 aliphatic carbocycles. The van der Waals surface area contributed by atoms with E-state index in [0.29, 0.717) is 23.9 Å². The number of ether oxygens (including phenoxy) is 1. The Morgan fingerprint density at radius 2 is 1.68 bits per heavy atom. The average molecular weight is 604 g/mol. The van der Waals surface area contributed by atoms with Crippen molar-refractivity contribution in [2.75, 3.05) is 5.32 Å². The van der Waals surface area contributed by atoms with Crippen molar-refractivity contribution in [2.45, 2.75) is 126 Å². The molecule has 0 aromatic carbocycles. The molecule has 7 nitrogen and oxygen atoms in total. The van der Waals surface area contributed by atoms with Crippen LogP contribution in [0.15, 0.2) is 23.7 Å². The van der Waals surface area contributed by atoms with Gasteiger partial charge in [0, 0.05) is 18.8 Å². The average Bonchev–Trinajstić information content (AvgIpc) is 3.25. The highest BCUT2D eigenvalue weighted by Crippen LogP contribution is 2.76. The van der Waals surface area contributed by atoms with Crippen molar-refractivity contribution < 1.29 is 19.1 Å². The zero-order valence-electron chi connectivity index (χ0n) is 28.4. The molecule has 44 heavy (non-hydrogen) atoms. The fraction of sp³-hybridized carbons (Fsp3) is 0.757. The Morgan fingerprint density at radius 1 is 0.955 bits per heavy atom. The van der Waals surface area contributed by atoms with Crippen LogP contribution in [0.3, 0.4) is 0 Å². The van der Waals surface area contributed by atoms with Gasteiger partial charge in [0.15, 0.2) is 5.78 Å². The van der Waals surface area contributed by atoms with Crippen LogP contribution in [0.1, 0.15) is 119 Å². The Balaban J connectivity index is 1.39. The number of hydrogen-bond donors (Lipinski definition) is 1. The first-order chi connectivity index (χ1) is 20.5. The van der Waals surface area contributed by atoms with Crippen LogP contribution < -0.4 is 5.32 Å². The Bertz CT molecular complexity index is 1430. The van der Waals surface area contributed by atoms with E-state index in [9.17, 15) is 14.4 Å². The van der Waals surface area contributed by atoms with E-state index >= 15 is 0 Å². The SMILES string of the molecule is CC(=O)O[C@H]1CC[C@]2(C)[C@H]3CC[C@@H]4C5=C(C(C)C)C(=O)C[C@]5(C(=O)Nc5cncnc5C)CC[C@@]4(C)[C@]3(C)CC[C@H]2C1(C)C. The van der Waals surface area contributed by atoms with Gasteiger partial charge in [0.2, 0.25) is 5.91 Å². The standard InChI is InChI=1S/C37H53N3O4/c1-21(2)30-26(42)18-37(32(43)40-25-19-38-20-39-22(25)3)17-16-35(8)24(31(30)37)10-11-28-34(7)14-13-29(44-23(4)41)33(5,6)27(34)12-15-36(28,35)9/h19-21,24,27-29H,10-18H2,1-9H3,(H,40,43)/t24-,27+,28-,29+,34+,35-,36-,37-/m1/s1. The number of nitrogens with one attached hydrogen (secondary N) is 1. The Labute approximate surface area is 263 Å². The summed E-state index contributed by atoms with van der Waals surface area (Å²) in [6.45, 7) is 19.9. The normalized spacial score (nSPS) is 40.9. The summed E-state index contributed by atoms with van der Waals surface area (Å²) in [7, 11) is 0. The van der Waals surface area contributed by atoms with E-state index in [1.165, 1.54) is 13.3 Å². The van der Waals surface area contributed by atoms with Crippen LogP contribution in [0.5, 0.6) is 0 Å². The quantitative estimate of drug-likeness (QED) is 0.355. The van der Waals surface area contributed by atoms with E-state index in [4.69, 9.17) is 4.74 Å². The summed E-state index contributed by atoms with van der Waals surface area (Å²) in [5, 5.41) is 3.18. The number of esters is 1. The van der Waals surface area contributed by atoms with Gasteiger partial charge in [-0.1, -0.05) is 48.5 Å². The van der Waals surface area contributed by atoms with Crippen LogP contribution in [0, 0.1) is 57.7 Å². The molecule has 0 aliphatic heterocycles. The molecule has 1 amide bonds. The highest BCUT2D eigenvalue weighted by Gasteiger charge is 2.71. The van der Waals surface area contributed by atoms with E-state index < -0.39 is 5.41 Å². The molecule has 5 aliphatic rings. The van der Waals surface area contributed by atoms with Gasteiger partial charge in [-0.2, -0.15) is 0 Å². The molecule has 1 aromatic rings. The van der Waals surface area contributed by atoms with Gasteiger partial charge >= 0.3 is 5.97 Å². The summed E-state index contributed by atoms with van der Waals surface area (Å²) in [5.41, 5.74) is 2.76. The Hall–Kier alpha value is -2.57. The third-order valence-corrected chi connectivity index (χ3v) is 14.3. The molecule has 7 heteroatoms. The molecule has 0 unspecified atom stereocenters. The molecule has 1 aromatic heterocycles. The summed E-state index contributed by atoms with van der Waals surface area (Å²) < 4.78 is 5.92. The fourth-order valence-corrected chi connectivity index (χ4v) is 12.0. The van der Waals surface area contributed by atoms with Crippen LogP contribution >= 0.6 is 0 Å². The molecule has 0 saturated heterocycles. The monoisotopic (exact) mass is 603 g/mol. The Kier molecular flexibility index (Phi) is 7.30. The van der Waals surface area contributed by atoms with E-state index in [1.54, 1.807) is 6.20 Å². The van der Waals surface area contributed by atoms with Crippen LogP contribution in [0.4, 0.5) is 5.69 Å². The van der Waals surface area contributed by atoms with Gasteiger partial charge in [0.05, 0.1) is 23.0 Å². The van der Waals surface area contributed by atoms with Crippen molar-refractivity contribution in [1.29, 1.82) is 0 Å². The van der Waals surface area contributed by atoms with Crippen molar-refractivity contribution in [3.05, 3.63) is 29.4 Å². The first-order valence-electron chi connectivity index (χ1n) is 17.1. The molecule has 0 spiro atoms. The van der Waals surface area contributed by atoms with Gasteiger partial charge in [-0.25, -0.2) is 9.97 Å². The largest absolute Gasteiger partial charge is 0.462 e. The number of rotatable bonds is 4. The van der Waals surface area contributed by atoms with Crippen molar-refractivity contribution in [3.63, 3.8) is 0 Å². The molecule has 8 atom stereocenters. The zero-order chi connectivity index (χ0) is 32.0. The number of hydrogen-bond acceptors (Lipinski definition) is 6. The van der Waals surface area contributed by atoms with Crippen LogP contribution in [0.25, 0.3) is 0 Å². The van der Waals surface area contributed by atoms with Crippen LogP contribution in [0.2, 0.25) is 0 Å². The molecular weight excluding hydrogens is 550 g/mol. The maximum atomic E-state index is 14.4. The van der Waals surface area contributed by atoms with Crippen molar-refractivity contribution in [1.82, 2.24) is 9.97 Å². The molecular formula is C37H53N3O4. The number of ketones is 1. The number of carbonyl (C=O) groups excluding carboxylic acids is 3. The van der Waals surface area contributed by atoms with E-state index in [2.05, 4.69) is 63.8 Å². The van der Waals surface area contributed by atoms with Crippen LogP contribution in [-0.2, 0) is 19.1 Å². The zero-order valence-corrected chi connectivity index (χ0v) is 28.4. The number of anilines is 1. The lowest BCUT2D eigenvalue weighted by Crippen LogP contribution is -2.66. The number of carbonyl (C=O) groups is 3. The predicted octanol–water partition coefficient (Wildman–Crippen LogP) is 7.64. The topological polar surface area (TPSA) is 98.2 Å². The highest BCUT2D eigenvalue weighted by atomic mass is 16.5. The lowest BCUT2D eigenvalue weighted by Gasteiger charge is -2.72. The van der Waals surface area contributed by atoms with Gasteiger partial charge < -0.3 is 10.1 Å². The third-order valence-electron chi connectivity index (χ3n) is 14.3. The second-order valence-corrected chi connectivity index (χ2v) is 16.7. The maximum Gasteiger partial charge on any atom is 0.302 e. The molecule has 1 heterocycles. The summed E-state index contributed by atoms with van der Waals surface area (Å²) in [4.78, 5) is 48.7. The number of allylic oxidation sites excluding steroid dienone is 1. The highest BCUT2D eigenvalue weighted by molar-refractivity contribution is 6.10. The lowest BCUT2D eigenvalue weighted by molar-refractivity contribution is -0.232. The minimum absolute atomic E-state index is 0.0174. The van der Waals surface area contributed by atoms with E-state index in [-0.39, 0.29) is 63.7 Å². The second-order valence-electron chi connectivity index (χ2n) is 16.7. The molecule has 4 fully saturated rings. The third kappa shape index (κ3) is 4.15. The van der Waals surface area contributed by atoms with Crippen molar-refractivity contribution >= 4 is 23.3 Å². The minimum atomic E-state index is -0.808. The number of nitrogens with zero attached hydrogens (tertiary/aromatic N) is 2. The molecule has 4 saturated carbocycles. The molecule has 0 bridgehead atoms. The summed E-state index contributed by atoms with van der Waals surface area (Å²) in [6, 6.07) is 0. The number of Topliss-reactive ketones (excluding diaryl/α,β-unsaturated/α-hetero) is 1. The van der Waals surface area contributed by atoms with E-state index in [1.807, 2.05) is 6.92 Å². The van der Waals surface area contributed by atoms with Gasteiger partial charge in [-0.3, -0.25) is 14.4 Å². The molecule has 240 valence electrons. The van der Waals surface area contributed by atoms with Gasteiger partial charge in [-0.05, 0) is 109 Å². The van der Waals surface area contributed by atoms with Gasteiger partial charge in [0.1, 0.15) is 12.4 Å². The predicted molar refractivity (Wildman–Crippen MR) is 170 cm³/mol. The number of amides is 1. The molecule has 1 N–H and O–H groups in total. The smallest absolute Gasteiger partial charge is 0.302 e. The summed E-state index contributed by atoms with van der Waals surface area (Å²) in [5.74, 6) is 1.21. The number of aryl methyl sites for hydroxylation is 1. The van der Waals surface area contributed by atoms with Crippen molar-refractivity contribution in [2.24, 2.45) is 50.7 Å². The minimum Gasteiger partial charge on any atom is -0.462 e.